The van der Waals surface area contributed by atoms with Crippen molar-refractivity contribution < 1.29 is 22.4 Å². The van der Waals surface area contributed by atoms with E-state index < -0.39 is 40.2 Å². The van der Waals surface area contributed by atoms with Gasteiger partial charge in [0.05, 0.1) is 10.6 Å². The molecule has 7 nitrogen and oxygen atoms in total. The van der Waals surface area contributed by atoms with Gasteiger partial charge in [-0.1, -0.05) is 68.8 Å². The number of nitrogens with zero attached hydrogens (tertiary/aromatic N) is 2. The van der Waals surface area contributed by atoms with Crippen LogP contribution in [0.25, 0.3) is 0 Å². The summed E-state index contributed by atoms with van der Waals surface area (Å²) in [6.45, 7) is 5.24. The average molecular weight is 554 g/mol. The molecule has 0 spiro atoms. The number of hydrogen-bond donors (Lipinski definition) is 1. The van der Waals surface area contributed by atoms with Crippen LogP contribution in [-0.4, -0.2) is 44.3 Å². The van der Waals surface area contributed by atoms with Crippen LogP contribution in [0.4, 0.5) is 10.1 Å². The van der Waals surface area contributed by atoms with Gasteiger partial charge in [-0.05, 0) is 55.7 Å². The molecule has 3 rings (SSSR count). The summed E-state index contributed by atoms with van der Waals surface area (Å²) in [5.41, 5.74) is 1.56. The molecule has 1 atom stereocenters. The molecule has 3 aromatic carbocycles. The summed E-state index contributed by atoms with van der Waals surface area (Å²) < 4.78 is 43.1. The van der Waals surface area contributed by atoms with Crippen molar-refractivity contribution in [3.05, 3.63) is 95.8 Å². The lowest BCUT2D eigenvalue weighted by Gasteiger charge is -2.32. The zero-order chi connectivity index (χ0) is 28.4. The predicted octanol–water partition coefficient (Wildman–Crippen LogP) is 4.92. The van der Waals surface area contributed by atoms with Crippen LogP contribution in [0.2, 0.25) is 0 Å². The third-order valence-electron chi connectivity index (χ3n) is 6.54. The van der Waals surface area contributed by atoms with E-state index in [1.807, 2.05) is 26.0 Å². The number of nitrogens with one attached hydrogen (secondary N) is 1. The Hall–Kier alpha value is -3.72. The number of halogens is 1. The summed E-state index contributed by atoms with van der Waals surface area (Å²) in [7, 11) is -4.14. The van der Waals surface area contributed by atoms with Gasteiger partial charge < -0.3 is 10.2 Å². The molecule has 39 heavy (non-hydrogen) atoms. The fraction of sp³-hybridized carbons (Fsp3) is 0.333. The van der Waals surface area contributed by atoms with Crippen LogP contribution in [0.15, 0.2) is 83.8 Å². The number of anilines is 1. The molecular formula is C30H36FN3O4S. The number of amides is 2. The Kier molecular flexibility index (Phi) is 10.6. The number of sulfonamides is 1. The van der Waals surface area contributed by atoms with Gasteiger partial charge >= 0.3 is 0 Å². The smallest absolute Gasteiger partial charge is 0.264 e. The molecule has 0 radical (unpaired) electrons. The summed E-state index contributed by atoms with van der Waals surface area (Å²) in [5, 5.41) is 2.81. The van der Waals surface area contributed by atoms with Crippen molar-refractivity contribution >= 4 is 27.5 Å². The summed E-state index contributed by atoms with van der Waals surface area (Å²) in [5.74, 6) is -1.54. The van der Waals surface area contributed by atoms with Gasteiger partial charge in [-0.3, -0.25) is 13.9 Å². The van der Waals surface area contributed by atoms with Crippen LogP contribution >= 0.6 is 0 Å². The van der Waals surface area contributed by atoms with E-state index in [0.29, 0.717) is 12.2 Å². The molecule has 0 aliphatic heterocycles. The molecule has 0 fully saturated rings. The minimum absolute atomic E-state index is 0.0309. The highest BCUT2D eigenvalue weighted by atomic mass is 32.2. The van der Waals surface area contributed by atoms with Gasteiger partial charge in [0.2, 0.25) is 11.8 Å². The highest BCUT2D eigenvalue weighted by Crippen LogP contribution is 2.25. The molecule has 3 aromatic rings. The Labute approximate surface area is 230 Å². The molecule has 0 aliphatic carbocycles. The fourth-order valence-corrected chi connectivity index (χ4v) is 5.51. The molecular weight excluding hydrogens is 517 g/mol. The summed E-state index contributed by atoms with van der Waals surface area (Å²) >= 11 is 0. The molecule has 0 saturated carbocycles. The maximum atomic E-state index is 14.6. The van der Waals surface area contributed by atoms with Crippen LogP contribution in [0.5, 0.6) is 0 Å². The van der Waals surface area contributed by atoms with Gasteiger partial charge in [0.1, 0.15) is 18.4 Å². The number of rotatable bonds is 13. The van der Waals surface area contributed by atoms with E-state index >= 15 is 0 Å². The van der Waals surface area contributed by atoms with Crippen molar-refractivity contribution in [2.45, 2.75) is 57.5 Å². The SMILES string of the molecule is CCCCNC(=O)[C@@H](C)N(Cc1ccccc1F)C(=O)CN(c1ccc(CC)cc1)S(=O)(=O)c1ccccc1. The standard InChI is InChI=1S/C30H36FN3O4S/c1-4-6-20-32-30(36)23(3)33(21-25-12-10-11-15-28(25)31)29(35)22-34(26-18-16-24(5-2)17-19-26)39(37,38)27-13-8-7-9-14-27/h7-19,23H,4-6,20-22H2,1-3H3,(H,32,36)/t23-/m1/s1. The lowest BCUT2D eigenvalue weighted by atomic mass is 10.1. The van der Waals surface area contributed by atoms with Crippen molar-refractivity contribution in [1.82, 2.24) is 10.2 Å². The van der Waals surface area contributed by atoms with Gasteiger partial charge in [0.15, 0.2) is 0 Å². The first-order chi connectivity index (χ1) is 18.7. The first kappa shape index (κ1) is 29.8. The lowest BCUT2D eigenvalue weighted by molar-refractivity contribution is -0.139. The monoisotopic (exact) mass is 553 g/mol. The molecule has 0 heterocycles. The quantitative estimate of drug-likeness (QED) is 0.305. The van der Waals surface area contributed by atoms with Crippen LogP contribution in [0, 0.1) is 5.82 Å². The lowest BCUT2D eigenvalue weighted by Crippen LogP contribution is -2.51. The maximum Gasteiger partial charge on any atom is 0.264 e. The van der Waals surface area contributed by atoms with Crippen molar-refractivity contribution in [2.75, 3.05) is 17.4 Å². The first-order valence-corrected chi connectivity index (χ1v) is 14.6. The average Bonchev–Trinajstić information content (AvgIpc) is 2.95. The van der Waals surface area contributed by atoms with Crippen molar-refractivity contribution in [3.8, 4) is 0 Å². The number of aryl methyl sites for hydroxylation is 1. The van der Waals surface area contributed by atoms with Crippen LogP contribution < -0.4 is 9.62 Å². The first-order valence-electron chi connectivity index (χ1n) is 13.2. The van der Waals surface area contributed by atoms with Gasteiger partial charge in [0.25, 0.3) is 10.0 Å². The molecule has 0 unspecified atom stereocenters. The van der Waals surface area contributed by atoms with E-state index in [1.54, 1.807) is 55.5 Å². The Balaban J connectivity index is 2.00. The number of benzene rings is 3. The van der Waals surface area contributed by atoms with Crippen LogP contribution in [0.1, 0.15) is 44.7 Å². The second kappa shape index (κ2) is 13.9. The molecule has 0 saturated heterocycles. The highest BCUT2D eigenvalue weighted by molar-refractivity contribution is 7.92. The fourth-order valence-electron chi connectivity index (χ4n) is 4.08. The van der Waals surface area contributed by atoms with E-state index in [1.165, 1.54) is 23.1 Å². The van der Waals surface area contributed by atoms with E-state index in [9.17, 15) is 22.4 Å². The van der Waals surface area contributed by atoms with E-state index in [2.05, 4.69) is 5.32 Å². The topological polar surface area (TPSA) is 86.8 Å². The van der Waals surface area contributed by atoms with Crippen molar-refractivity contribution in [3.63, 3.8) is 0 Å². The summed E-state index contributed by atoms with van der Waals surface area (Å²) in [6, 6.07) is 19.9. The Morgan fingerprint density at radius 1 is 0.923 bits per heavy atom. The van der Waals surface area contributed by atoms with Crippen molar-refractivity contribution in [2.24, 2.45) is 0 Å². The minimum Gasteiger partial charge on any atom is -0.354 e. The summed E-state index contributed by atoms with van der Waals surface area (Å²) in [6.07, 6.45) is 2.43. The van der Waals surface area contributed by atoms with E-state index in [-0.39, 0.29) is 17.0 Å². The zero-order valence-electron chi connectivity index (χ0n) is 22.6. The molecule has 0 bridgehead atoms. The zero-order valence-corrected chi connectivity index (χ0v) is 23.5. The minimum atomic E-state index is -4.14. The summed E-state index contributed by atoms with van der Waals surface area (Å²) in [4.78, 5) is 28.1. The van der Waals surface area contributed by atoms with E-state index in [4.69, 9.17) is 0 Å². The van der Waals surface area contributed by atoms with Gasteiger partial charge in [-0.25, -0.2) is 12.8 Å². The maximum absolute atomic E-state index is 14.6. The molecule has 9 heteroatoms. The third-order valence-corrected chi connectivity index (χ3v) is 8.33. The third kappa shape index (κ3) is 7.66. The highest BCUT2D eigenvalue weighted by Gasteiger charge is 2.32. The van der Waals surface area contributed by atoms with Gasteiger partial charge in [0, 0.05) is 18.7 Å². The molecule has 0 aliphatic rings. The molecule has 1 N–H and O–H groups in total. The van der Waals surface area contributed by atoms with Crippen LogP contribution in [0.3, 0.4) is 0 Å². The Morgan fingerprint density at radius 2 is 1.56 bits per heavy atom. The second-order valence-electron chi connectivity index (χ2n) is 9.28. The number of unbranched alkanes of at least 4 members (excludes halogenated alkanes) is 1. The Bertz CT molecular complexity index is 1350. The van der Waals surface area contributed by atoms with Crippen molar-refractivity contribution in [1.29, 1.82) is 0 Å². The normalized spacial score (nSPS) is 12.0. The molecule has 208 valence electrons. The van der Waals surface area contributed by atoms with Crippen LogP contribution in [-0.2, 0) is 32.6 Å². The number of hydrogen-bond acceptors (Lipinski definition) is 4. The van der Waals surface area contributed by atoms with Gasteiger partial charge in [-0.2, -0.15) is 0 Å². The number of carbonyl (C=O) groups is 2. The largest absolute Gasteiger partial charge is 0.354 e. The van der Waals surface area contributed by atoms with Gasteiger partial charge in [-0.15, -0.1) is 0 Å². The van der Waals surface area contributed by atoms with E-state index in [0.717, 1.165) is 29.1 Å². The molecule has 2 amide bonds. The molecule has 0 aromatic heterocycles. The second-order valence-corrected chi connectivity index (χ2v) is 11.1. The Morgan fingerprint density at radius 3 is 2.18 bits per heavy atom. The number of carbonyl (C=O) groups excluding carboxylic acids is 2. The predicted molar refractivity (Wildman–Crippen MR) is 151 cm³/mol.